The van der Waals surface area contributed by atoms with Crippen LogP contribution in [0, 0.1) is 0 Å². The Hall–Kier alpha value is -2.81. The van der Waals surface area contributed by atoms with Crippen LogP contribution in [0.5, 0.6) is 0 Å². The van der Waals surface area contributed by atoms with Crippen LogP contribution in [-0.2, 0) is 27.7 Å². The molecule has 0 saturated carbocycles. The van der Waals surface area contributed by atoms with E-state index in [1.807, 2.05) is 42.6 Å². The molecule has 1 aromatic heterocycles. The van der Waals surface area contributed by atoms with Gasteiger partial charge in [0, 0.05) is 25.8 Å². The fourth-order valence-corrected chi connectivity index (χ4v) is 5.45. The molecule has 3 aromatic rings. The summed E-state index contributed by atoms with van der Waals surface area (Å²) in [5.74, 6) is 0.646. The molecule has 0 atom stereocenters. The number of benzene rings is 2. The van der Waals surface area contributed by atoms with Crippen molar-refractivity contribution in [3.8, 4) is 11.1 Å². The van der Waals surface area contributed by atoms with E-state index in [0.717, 1.165) is 35.5 Å². The molecule has 5 rings (SSSR count). The zero-order valence-electron chi connectivity index (χ0n) is 17.1. The lowest BCUT2D eigenvalue weighted by molar-refractivity contribution is 0.122. The van der Waals surface area contributed by atoms with Gasteiger partial charge in [0.05, 0.1) is 30.3 Å². The molecule has 8 heteroatoms. The molecule has 0 bridgehead atoms. The van der Waals surface area contributed by atoms with Crippen LogP contribution in [-0.4, -0.2) is 55.5 Å². The maximum absolute atomic E-state index is 13.4. The minimum atomic E-state index is -3.63. The van der Waals surface area contributed by atoms with E-state index >= 15 is 0 Å². The number of rotatable bonds is 4. The van der Waals surface area contributed by atoms with E-state index in [-0.39, 0.29) is 6.54 Å². The van der Waals surface area contributed by atoms with Crippen LogP contribution in [0.25, 0.3) is 11.1 Å². The topological polar surface area (TPSA) is 75.6 Å². The molecule has 7 nitrogen and oxygen atoms in total. The van der Waals surface area contributed by atoms with Gasteiger partial charge in [-0.1, -0.05) is 42.5 Å². The Morgan fingerprint density at radius 3 is 2.48 bits per heavy atom. The second-order valence-electron chi connectivity index (χ2n) is 7.72. The molecule has 2 aliphatic heterocycles. The van der Waals surface area contributed by atoms with Crippen LogP contribution in [0.2, 0.25) is 0 Å². The zero-order valence-corrected chi connectivity index (χ0v) is 18.0. The highest BCUT2D eigenvalue weighted by atomic mass is 32.2. The fourth-order valence-electron chi connectivity index (χ4n) is 4.01. The number of hydrogen-bond acceptors (Lipinski definition) is 6. The van der Waals surface area contributed by atoms with Crippen molar-refractivity contribution in [3.63, 3.8) is 0 Å². The fraction of sp³-hybridized carbons (Fsp3) is 0.304. The molecule has 3 heterocycles. The molecule has 0 radical (unpaired) electrons. The standard InChI is InChI=1S/C23H24N4O3S/c28-31(29,21-8-4-7-19(15-21)18-5-2-1-3-6-18)27-10-9-20-16-24-23(25-22(20)17-27)26-11-13-30-14-12-26/h1-8,15-16H,9-14,17H2. The molecule has 2 aliphatic rings. The number of hydrogen-bond donors (Lipinski definition) is 0. The Morgan fingerprint density at radius 2 is 1.68 bits per heavy atom. The lowest BCUT2D eigenvalue weighted by Gasteiger charge is -2.30. The first-order valence-electron chi connectivity index (χ1n) is 10.4. The summed E-state index contributed by atoms with van der Waals surface area (Å²) in [5, 5.41) is 0. The molecule has 2 aromatic carbocycles. The van der Waals surface area contributed by atoms with Gasteiger partial charge in [0.15, 0.2) is 0 Å². The number of aromatic nitrogens is 2. The third-order valence-electron chi connectivity index (χ3n) is 5.77. The van der Waals surface area contributed by atoms with Crippen molar-refractivity contribution in [3.05, 3.63) is 72.1 Å². The van der Waals surface area contributed by atoms with Gasteiger partial charge in [0.25, 0.3) is 0 Å². The first kappa shape index (κ1) is 20.1. The first-order chi connectivity index (χ1) is 15.1. The maximum Gasteiger partial charge on any atom is 0.243 e. The lowest BCUT2D eigenvalue weighted by atomic mass is 10.1. The number of sulfonamides is 1. The Labute approximate surface area is 182 Å². The summed E-state index contributed by atoms with van der Waals surface area (Å²) in [6, 6.07) is 16.9. The Kier molecular flexibility index (Phi) is 5.43. The summed E-state index contributed by atoms with van der Waals surface area (Å²) in [6.45, 7) is 3.47. The van der Waals surface area contributed by atoms with E-state index in [1.54, 1.807) is 18.2 Å². The van der Waals surface area contributed by atoms with Gasteiger partial charge in [0.2, 0.25) is 16.0 Å². The highest BCUT2D eigenvalue weighted by Crippen LogP contribution is 2.28. The summed E-state index contributed by atoms with van der Waals surface area (Å²) in [6.07, 6.45) is 2.45. The molecule has 1 saturated heterocycles. The van der Waals surface area contributed by atoms with Crippen LogP contribution in [0.4, 0.5) is 5.95 Å². The minimum absolute atomic E-state index is 0.257. The summed E-state index contributed by atoms with van der Waals surface area (Å²) in [4.78, 5) is 11.6. The molecule has 0 unspecified atom stereocenters. The van der Waals surface area contributed by atoms with Gasteiger partial charge in [-0.3, -0.25) is 0 Å². The normalized spacial score (nSPS) is 17.4. The van der Waals surface area contributed by atoms with Crippen LogP contribution in [0.3, 0.4) is 0 Å². The number of anilines is 1. The predicted octanol–water partition coefficient (Wildman–Crippen LogP) is 2.73. The van der Waals surface area contributed by atoms with Gasteiger partial charge in [0.1, 0.15) is 0 Å². The quantitative estimate of drug-likeness (QED) is 0.626. The summed E-state index contributed by atoms with van der Waals surface area (Å²) >= 11 is 0. The highest BCUT2D eigenvalue weighted by Gasteiger charge is 2.30. The van der Waals surface area contributed by atoms with E-state index in [2.05, 4.69) is 9.88 Å². The second kappa shape index (κ2) is 8.37. The number of fused-ring (bicyclic) bond motifs is 1. The van der Waals surface area contributed by atoms with Crippen LogP contribution < -0.4 is 4.90 Å². The first-order valence-corrected chi connectivity index (χ1v) is 11.9. The van der Waals surface area contributed by atoms with E-state index in [4.69, 9.17) is 9.72 Å². The van der Waals surface area contributed by atoms with Gasteiger partial charge in [-0.15, -0.1) is 0 Å². The Balaban J connectivity index is 1.41. The average Bonchev–Trinajstić information content (AvgIpc) is 2.84. The SMILES string of the molecule is O=S(=O)(c1cccc(-c2ccccc2)c1)N1CCc2cnc(N3CCOCC3)nc2C1. The third kappa shape index (κ3) is 4.06. The monoisotopic (exact) mass is 436 g/mol. The third-order valence-corrected chi connectivity index (χ3v) is 7.61. The van der Waals surface area contributed by atoms with Crippen molar-refractivity contribution in [2.75, 3.05) is 37.7 Å². The van der Waals surface area contributed by atoms with E-state index in [9.17, 15) is 8.42 Å². The van der Waals surface area contributed by atoms with Gasteiger partial charge < -0.3 is 9.64 Å². The number of nitrogens with zero attached hydrogens (tertiary/aromatic N) is 4. The molecule has 0 amide bonds. The van der Waals surface area contributed by atoms with Crippen molar-refractivity contribution in [1.82, 2.24) is 14.3 Å². The van der Waals surface area contributed by atoms with Crippen molar-refractivity contribution >= 4 is 16.0 Å². The Morgan fingerprint density at radius 1 is 0.903 bits per heavy atom. The predicted molar refractivity (Wildman–Crippen MR) is 118 cm³/mol. The van der Waals surface area contributed by atoms with Crippen molar-refractivity contribution in [1.29, 1.82) is 0 Å². The average molecular weight is 437 g/mol. The lowest BCUT2D eigenvalue weighted by Crippen LogP contribution is -2.39. The molecule has 160 valence electrons. The minimum Gasteiger partial charge on any atom is -0.378 e. The molecule has 0 N–H and O–H groups in total. The number of ether oxygens (including phenoxy) is 1. The zero-order chi connectivity index (χ0) is 21.3. The molecule has 0 spiro atoms. The highest BCUT2D eigenvalue weighted by molar-refractivity contribution is 7.89. The molecular formula is C23H24N4O3S. The largest absolute Gasteiger partial charge is 0.378 e. The molecular weight excluding hydrogens is 412 g/mol. The van der Waals surface area contributed by atoms with Gasteiger partial charge >= 0.3 is 0 Å². The van der Waals surface area contributed by atoms with Crippen LogP contribution >= 0.6 is 0 Å². The molecule has 0 aliphatic carbocycles. The maximum atomic E-state index is 13.4. The Bertz CT molecular complexity index is 1180. The van der Waals surface area contributed by atoms with E-state index in [0.29, 0.717) is 37.0 Å². The van der Waals surface area contributed by atoms with Crippen molar-refractivity contribution < 1.29 is 13.2 Å². The van der Waals surface area contributed by atoms with Crippen LogP contribution in [0.1, 0.15) is 11.3 Å². The van der Waals surface area contributed by atoms with Gasteiger partial charge in [-0.25, -0.2) is 18.4 Å². The van der Waals surface area contributed by atoms with Gasteiger partial charge in [-0.2, -0.15) is 4.31 Å². The molecule has 31 heavy (non-hydrogen) atoms. The molecule has 1 fully saturated rings. The van der Waals surface area contributed by atoms with Crippen molar-refractivity contribution in [2.24, 2.45) is 0 Å². The van der Waals surface area contributed by atoms with Crippen molar-refractivity contribution in [2.45, 2.75) is 17.9 Å². The summed E-state index contributed by atoms with van der Waals surface area (Å²) in [7, 11) is -3.63. The summed E-state index contributed by atoms with van der Waals surface area (Å²) < 4.78 is 33.8. The number of morpholine rings is 1. The van der Waals surface area contributed by atoms with Gasteiger partial charge in [-0.05, 0) is 35.2 Å². The summed E-state index contributed by atoms with van der Waals surface area (Å²) in [5.41, 5.74) is 3.68. The van der Waals surface area contributed by atoms with Crippen LogP contribution in [0.15, 0.2) is 65.7 Å². The smallest absolute Gasteiger partial charge is 0.243 e. The second-order valence-corrected chi connectivity index (χ2v) is 9.66. The van der Waals surface area contributed by atoms with E-state index < -0.39 is 10.0 Å². The van der Waals surface area contributed by atoms with E-state index in [1.165, 1.54) is 4.31 Å².